The molecule has 0 radical (unpaired) electrons. The lowest BCUT2D eigenvalue weighted by Crippen LogP contribution is -2.22. The van der Waals surface area contributed by atoms with Crippen molar-refractivity contribution < 1.29 is 4.74 Å². The number of ether oxygens (including phenoxy) is 1. The van der Waals surface area contributed by atoms with E-state index in [0.29, 0.717) is 6.04 Å². The van der Waals surface area contributed by atoms with Crippen LogP contribution in [0.5, 0.6) is 0 Å². The first-order valence-electron chi connectivity index (χ1n) is 5.54. The first-order chi connectivity index (χ1) is 6.47. The Balaban J connectivity index is 4.12. The molecule has 0 N–H and O–H groups in total. The van der Waals surface area contributed by atoms with Gasteiger partial charge < -0.3 is 4.74 Å². The van der Waals surface area contributed by atoms with Gasteiger partial charge in [-0.2, -0.15) is 0 Å². The zero-order valence-corrected chi connectivity index (χ0v) is 10.5. The van der Waals surface area contributed by atoms with Crippen LogP contribution >= 0.6 is 0 Å². The van der Waals surface area contributed by atoms with Gasteiger partial charge in [0.1, 0.15) is 0 Å². The van der Waals surface area contributed by atoms with Crippen LogP contribution in [0, 0.1) is 5.92 Å². The molecule has 0 aliphatic carbocycles. The van der Waals surface area contributed by atoms with E-state index in [2.05, 4.69) is 39.6 Å². The molecular formula is C12H25NO. The van der Waals surface area contributed by atoms with Gasteiger partial charge in [-0.3, -0.25) is 4.99 Å². The summed E-state index contributed by atoms with van der Waals surface area (Å²) in [6.45, 7) is 10.7. The van der Waals surface area contributed by atoms with E-state index in [0.717, 1.165) is 18.1 Å². The monoisotopic (exact) mass is 199 g/mol. The van der Waals surface area contributed by atoms with Crippen LogP contribution in [0.2, 0.25) is 0 Å². The summed E-state index contributed by atoms with van der Waals surface area (Å²) in [7, 11) is 1.77. The molecule has 0 aromatic carbocycles. The van der Waals surface area contributed by atoms with Gasteiger partial charge in [-0.1, -0.05) is 13.8 Å². The maximum Gasteiger partial charge on any atom is 0.0944 e. The highest BCUT2D eigenvalue weighted by atomic mass is 16.5. The fourth-order valence-electron chi connectivity index (χ4n) is 1.47. The Bertz CT molecular complexity index is 173. The van der Waals surface area contributed by atoms with Crippen molar-refractivity contribution in [1.29, 1.82) is 0 Å². The molecule has 84 valence electrons. The van der Waals surface area contributed by atoms with E-state index in [1.165, 1.54) is 6.42 Å². The molecule has 0 amide bonds. The quantitative estimate of drug-likeness (QED) is 0.601. The van der Waals surface area contributed by atoms with Gasteiger partial charge in [-0.15, -0.1) is 0 Å². The molecule has 0 fully saturated rings. The molecule has 1 atom stereocenters. The Kier molecular flexibility index (Phi) is 6.81. The minimum atomic E-state index is 0.208. The number of methoxy groups -OCH3 is 1. The fraction of sp³-hybridized carbons (Fsp3) is 0.917. The van der Waals surface area contributed by atoms with E-state index < -0.39 is 0 Å². The van der Waals surface area contributed by atoms with Gasteiger partial charge in [0.25, 0.3) is 0 Å². The smallest absolute Gasteiger partial charge is 0.0944 e. The van der Waals surface area contributed by atoms with Crippen molar-refractivity contribution in [2.75, 3.05) is 7.11 Å². The molecule has 0 bridgehead atoms. The summed E-state index contributed by atoms with van der Waals surface area (Å²) < 4.78 is 5.43. The van der Waals surface area contributed by atoms with E-state index in [4.69, 9.17) is 4.74 Å². The van der Waals surface area contributed by atoms with Gasteiger partial charge in [0.2, 0.25) is 0 Å². The van der Waals surface area contributed by atoms with Crippen LogP contribution in [0.3, 0.4) is 0 Å². The van der Waals surface area contributed by atoms with E-state index in [9.17, 15) is 0 Å². The summed E-state index contributed by atoms with van der Waals surface area (Å²) >= 11 is 0. The molecule has 0 aliphatic rings. The minimum Gasteiger partial charge on any atom is -0.376 e. The van der Waals surface area contributed by atoms with E-state index in [1.54, 1.807) is 7.11 Å². The van der Waals surface area contributed by atoms with Crippen molar-refractivity contribution in [3.63, 3.8) is 0 Å². The highest BCUT2D eigenvalue weighted by molar-refractivity contribution is 5.86. The molecule has 0 aromatic heterocycles. The summed E-state index contributed by atoms with van der Waals surface area (Å²) in [5, 5.41) is 0. The molecule has 2 nitrogen and oxygen atoms in total. The van der Waals surface area contributed by atoms with Crippen LogP contribution in [0.15, 0.2) is 4.99 Å². The number of hydrogen-bond acceptors (Lipinski definition) is 2. The first kappa shape index (κ1) is 13.6. The standard InChI is InChI=1S/C12H25NO/c1-9(2)7-8-12(14-6)11(5)13-10(3)4/h9-10,12H,7-8H2,1-6H3. The number of rotatable bonds is 6. The second-order valence-corrected chi connectivity index (χ2v) is 4.56. The van der Waals surface area contributed by atoms with Crippen LogP contribution in [-0.4, -0.2) is 25.0 Å². The molecule has 0 aliphatic heterocycles. The molecule has 0 saturated carbocycles. The topological polar surface area (TPSA) is 21.6 Å². The van der Waals surface area contributed by atoms with Gasteiger partial charge in [-0.05, 0) is 39.5 Å². The van der Waals surface area contributed by atoms with Crippen molar-refractivity contribution in [3.05, 3.63) is 0 Å². The summed E-state index contributed by atoms with van der Waals surface area (Å²) in [5.41, 5.74) is 1.13. The maximum absolute atomic E-state index is 5.43. The average Bonchev–Trinajstić information content (AvgIpc) is 2.03. The molecule has 0 spiro atoms. The summed E-state index contributed by atoms with van der Waals surface area (Å²) in [6, 6.07) is 0.367. The van der Waals surface area contributed by atoms with Crippen LogP contribution in [0.4, 0.5) is 0 Å². The molecule has 1 unspecified atom stereocenters. The Labute approximate surface area is 88.8 Å². The average molecular weight is 199 g/mol. The van der Waals surface area contributed by atoms with Crippen molar-refractivity contribution >= 4 is 5.71 Å². The van der Waals surface area contributed by atoms with Crippen molar-refractivity contribution in [2.24, 2.45) is 10.9 Å². The summed E-state index contributed by atoms with van der Waals surface area (Å²) in [5.74, 6) is 0.736. The Morgan fingerprint density at radius 2 is 1.71 bits per heavy atom. The lowest BCUT2D eigenvalue weighted by molar-refractivity contribution is 0.142. The number of nitrogens with zero attached hydrogens (tertiary/aromatic N) is 1. The SMILES string of the molecule is COC(CCC(C)C)C(C)=NC(C)C. The molecule has 0 rings (SSSR count). The van der Waals surface area contributed by atoms with Crippen LogP contribution in [0.25, 0.3) is 0 Å². The molecule has 0 heterocycles. The molecule has 14 heavy (non-hydrogen) atoms. The molecule has 0 saturated heterocycles. The zero-order chi connectivity index (χ0) is 11.1. The zero-order valence-electron chi connectivity index (χ0n) is 10.5. The van der Waals surface area contributed by atoms with Gasteiger partial charge in [-0.25, -0.2) is 0 Å². The predicted molar refractivity (Wildman–Crippen MR) is 63.1 cm³/mol. The van der Waals surface area contributed by atoms with Crippen LogP contribution in [-0.2, 0) is 4.74 Å². The largest absolute Gasteiger partial charge is 0.376 e. The Morgan fingerprint density at radius 1 is 1.14 bits per heavy atom. The first-order valence-corrected chi connectivity index (χ1v) is 5.54. The van der Waals surface area contributed by atoms with Crippen molar-refractivity contribution in [3.8, 4) is 0 Å². The second-order valence-electron chi connectivity index (χ2n) is 4.56. The maximum atomic E-state index is 5.43. The van der Waals surface area contributed by atoms with Crippen molar-refractivity contribution in [1.82, 2.24) is 0 Å². The fourth-order valence-corrected chi connectivity index (χ4v) is 1.47. The third-order valence-electron chi connectivity index (χ3n) is 2.22. The van der Waals surface area contributed by atoms with Gasteiger partial charge in [0.05, 0.1) is 6.10 Å². The van der Waals surface area contributed by atoms with Gasteiger partial charge >= 0.3 is 0 Å². The third kappa shape index (κ3) is 6.14. The Morgan fingerprint density at radius 3 is 2.07 bits per heavy atom. The highest BCUT2D eigenvalue weighted by Gasteiger charge is 2.11. The third-order valence-corrected chi connectivity index (χ3v) is 2.22. The van der Waals surface area contributed by atoms with E-state index in [1.807, 2.05) is 0 Å². The summed E-state index contributed by atoms with van der Waals surface area (Å²) in [4.78, 5) is 4.52. The molecule has 2 heteroatoms. The second kappa shape index (κ2) is 6.99. The number of hydrogen-bond donors (Lipinski definition) is 0. The summed E-state index contributed by atoms with van der Waals surface area (Å²) in [6.07, 6.45) is 2.49. The van der Waals surface area contributed by atoms with Crippen LogP contribution in [0.1, 0.15) is 47.5 Å². The van der Waals surface area contributed by atoms with Gasteiger partial charge in [0.15, 0.2) is 0 Å². The van der Waals surface area contributed by atoms with Crippen molar-refractivity contribution in [2.45, 2.75) is 59.6 Å². The lowest BCUT2D eigenvalue weighted by atomic mass is 10.0. The van der Waals surface area contributed by atoms with Crippen LogP contribution < -0.4 is 0 Å². The molecular weight excluding hydrogens is 174 g/mol. The highest BCUT2D eigenvalue weighted by Crippen LogP contribution is 2.11. The molecule has 0 aromatic rings. The van der Waals surface area contributed by atoms with Gasteiger partial charge in [0, 0.05) is 18.9 Å². The Hall–Kier alpha value is -0.370. The lowest BCUT2D eigenvalue weighted by Gasteiger charge is -2.17. The minimum absolute atomic E-state index is 0.208. The predicted octanol–water partition coefficient (Wildman–Crippen LogP) is 3.31. The van der Waals surface area contributed by atoms with E-state index >= 15 is 0 Å². The number of aliphatic imine (C=N–C) groups is 1. The normalized spacial score (nSPS) is 15.3. The van der Waals surface area contributed by atoms with E-state index in [-0.39, 0.29) is 6.10 Å².